The van der Waals surface area contributed by atoms with Crippen LogP contribution in [0.1, 0.15) is 22.8 Å². The van der Waals surface area contributed by atoms with Crippen LogP contribution < -0.4 is 0 Å². The normalized spacial score (nSPS) is 12.5. The topological polar surface area (TPSA) is 20.2 Å². The third kappa shape index (κ3) is 2.94. The maximum atomic E-state index is 10.6. The number of halogens is 1. The average molecular weight is 297 g/mol. The standard InChI is InChI=1S/C19H17ClO/c1-13-9-10-16(20)12-18(13)19(21)11-15-7-4-6-14-5-2-3-8-17(14)15/h2-10,12,19,21H,11H2,1H3. The van der Waals surface area contributed by atoms with Gasteiger partial charge in [-0.25, -0.2) is 0 Å². The van der Waals surface area contributed by atoms with Crippen LogP contribution in [0.15, 0.2) is 60.7 Å². The minimum atomic E-state index is -0.547. The quantitative estimate of drug-likeness (QED) is 0.715. The molecule has 1 N–H and O–H groups in total. The van der Waals surface area contributed by atoms with Crippen LogP contribution in [-0.2, 0) is 6.42 Å². The van der Waals surface area contributed by atoms with E-state index in [1.807, 2.05) is 43.3 Å². The van der Waals surface area contributed by atoms with Gasteiger partial charge in [-0.3, -0.25) is 0 Å². The summed E-state index contributed by atoms with van der Waals surface area (Å²) in [5.41, 5.74) is 3.11. The second kappa shape index (κ2) is 5.88. The molecule has 3 aromatic carbocycles. The van der Waals surface area contributed by atoms with Crippen LogP contribution in [0, 0.1) is 6.92 Å². The van der Waals surface area contributed by atoms with Gasteiger partial charge in [0.15, 0.2) is 0 Å². The molecule has 0 aliphatic carbocycles. The zero-order valence-corrected chi connectivity index (χ0v) is 12.6. The summed E-state index contributed by atoms with van der Waals surface area (Å²) in [5.74, 6) is 0. The maximum absolute atomic E-state index is 10.6. The van der Waals surface area contributed by atoms with Crippen molar-refractivity contribution in [3.8, 4) is 0 Å². The number of hydrogen-bond donors (Lipinski definition) is 1. The van der Waals surface area contributed by atoms with Gasteiger partial charge in [-0.1, -0.05) is 60.1 Å². The van der Waals surface area contributed by atoms with Crippen LogP contribution in [0.5, 0.6) is 0 Å². The molecule has 0 fully saturated rings. The van der Waals surface area contributed by atoms with Crippen molar-refractivity contribution in [3.05, 3.63) is 82.4 Å². The van der Waals surface area contributed by atoms with Crippen LogP contribution >= 0.6 is 11.6 Å². The molecule has 0 heterocycles. The Labute approximate surface area is 129 Å². The Kier molecular flexibility index (Phi) is 3.96. The SMILES string of the molecule is Cc1ccc(Cl)cc1C(O)Cc1cccc2ccccc12. The van der Waals surface area contributed by atoms with Gasteiger partial charge in [-0.05, 0) is 46.5 Å². The molecular weight excluding hydrogens is 280 g/mol. The molecule has 0 saturated heterocycles. The van der Waals surface area contributed by atoms with Crippen LogP contribution in [-0.4, -0.2) is 5.11 Å². The summed E-state index contributed by atoms with van der Waals surface area (Å²) in [7, 11) is 0. The van der Waals surface area contributed by atoms with E-state index in [0.29, 0.717) is 11.4 Å². The molecule has 1 unspecified atom stereocenters. The highest BCUT2D eigenvalue weighted by Gasteiger charge is 2.13. The van der Waals surface area contributed by atoms with Crippen LogP contribution in [0.4, 0.5) is 0 Å². The van der Waals surface area contributed by atoms with Crippen molar-refractivity contribution in [1.82, 2.24) is 0 Å². The Bertz CT molecular complexity index is 774. The zero-order chi connectivity index (χ0) is 14.8. The number of aryl methyl sites for hydroxylation is 1. The lowest BCUT2D eigenvalue weighted by molar-refractivity contribution is 0.178. The predicted molar refractivity (Wildman–Crippen MR) is 88.8 cm³/mol. The van der Waals surface area contributed by atoms with Gasteiger partial charge in [0.1, 0.15) is 0 Å². The highest BCUT2D eigenvalue weighted by molar-refractivity contribution is 6.30. The average Bonchev–Trinajstić information content (AvgIpc) is 2.50. The molecule has 21 heavy (non-hydrogen) atoms. The fourth-order valence-electron chi connectivity index (χ4n) is 2.76. The van der Waals surface area contributed by atoms with E-state index in [9.17, 15) is 5.11 Å². The maximum Gasteiger partial charge on any atom is 0.0833 e. The van der Waals surface area contributed by atoms with Gasteiger partial charge in [-0.15, -0.1) is 0 Å². The molecular formula is C19H17ClO. The zero-order valence-electron chi connectivity index (χ0n) is 11.9. The van der Waals surface area contributed by atoms with E-state index in [4.69, 9.17) is 11.6 Å². The minimum absolute atomic E-state index is 0.547. The van der Waals surface area contributed by atoms with Gasteiger partial charge in [-0.2, -0.15) is 0 Å². The predicted octanol–water partition coefficient (Wildman–Crippen LogP) is 5.08. The summed E-state index contributed by atoms with van der Waals surface area (Å²) in [4.78, 5) is 0. The number of fused-ring (bicyclic) bond motifs is 1. The van der Waals surface area contributed by atoms with E-state index < -0.39 is 6.10 Å². The van der Waals surface area contributed by atoms with Crippen LogP contribution in [0.2, 0.25) is 5.02 Å². The Morgan fingerprint density at radius 2 is 1.76 bits per heavy atom. The molecule has 0 spiro atoms. The van der Waals surface area contributed by atoms with Gasteiger partial charge in [0.05, 0.1) is 6.10 Å². The van der Waals surface area contributed by atoms with Gasteiger partial charge in [0.25, 0.3) is 0 Å². The molecule has 2 heteroatoms. The first kappa shape index (κ1) is 14.1. The van der Waals surface area contributed by atoms with Crippen molar-refractivity contribution in [1.29, 1.82) is 0 Å². The molecule has 3 aromatic rings. The summed E-state index contributed by atoms with van der Waals surface area (Å²) < 4.78 is 0. The van der Waals surface area contributed by atoms with Crippen LogP contribution in [0.25, 0.3) is 10.8 Å². The van der Waals surface area contributed by atoms with E-state index in [1.165, 1.54) is 10.8 Å². The van der Waals surface area contributed by atoms with E-state index in [0.717, 1.165) is 16.7 Å². The second-order valence-corrected chi connectivity index (χ2v) is 5.80. The Hall–Kier alpha value is -1.83. The van der Waals surface area contributed by atoms with Crippen molar-refractivity contribution in [3.63, 3.8) is 0 Å². The summed E-state index contributed by atoms with van der Waals surface area (Å²) >= 11 is 6.05. The summed E-state index contributed by atoms with van der Waals surface area (Å²) in [6.07, 6.45) is 0.0391. The fraction of sp³-hybridized carbons (Fsp3) is 0.158. The molecule has 1 atom stereocenters. The molecule has 0 aromatic heterocycles. The van der Waals surface area contributed by atoms with E-state index >= 15 is 0 Å². The number of aliphatic hydroxyl groups is 1. The lowest BCUT2D eigenvalue weighted by Crippen LogP contribution is -2.04. The minimum Gasteiger partial charge on any atom is -0.388 e. The lowest BCUT2D eigenvalue weighted by Gasteiger charge is -2.15. The van der Waals surface area contributed by atoms with Crippen LogP contribution in [0.3, 0.4) is 0 Å². The summed E-state index contributed by atoms with van der Waals surface area (Å²) in [5, 5.41) is 13.6. The van der Waals surface area contributed by atoms with Crippen molar-refractivity contribution < 1.29 is 5.11 Å². The molecule has 1 nitrogen and oxygen atoms in total. The Balaban J connectivity index is 1.96. The summed E-state index contributed by atoms with van der Waals surface area (Å²) in [6.45, 7) is 2.00. The van der Waals surface area contributed by atoms with E-state index in [1.54, 1.807) is 0 Å². The molecule has 0 amide bonds. The fourth-order valence-corrected chi connectivity index (χ4v) is 2.94. The van der Waals surface area contributed by atoms with Gasteiger partial charge in [0.2, 0.25) is 0 Å². The van der Waals surface area contributed by atoms with Crippen molar-refractivity contribution >= 4 is 22.4 Å². The second-order valence-electron chi connectivity index (χ2n) is 5.36. The smallest absolute Gasteiger partial charge is 0.0833 e. The lowest BCUT2D eigenvalue weighted by atomic mass is 9.95. The van der Waals surface area contributed by atoms with Crippen molar-refractivity contribution in [2.45, 2.75) is 19.4 Å². The first-order chi connectivity index (χ1) is 10.1. The molecule has 0 saturated carbocycles. The molecule has 106 valence electrons. The summed E-state index contributed by atoms with van der Waals surface area (Å²) in [6, 6.07) is 20.1. The largest absolute Gasteiger partial charge is 0.388 e. The van der Waals surface area contributed by atoms with E-state index in [2.05, 4.69) is 24.3 Å². The van der Waals surface area contributed by atoms with E-state index in [-0.39, 0.29) is 0 Å². The van der Waals surface area contributed by atoms with Gasteiger partial charge in [0, 0.05) is 11.4 Å². The van der Waals surface area contributed by atoms with Crippen molar-refractivity contribution in [2.24, 2.45) is 0 Å². The molecule has 0 radical (unpaired) electrons. The van der Waals surface area contributed by atoms with Crippen molar-refractivity contribution in [2.75, 3.05) is 0 Å². The molecule has 0 aliphatic rings. The van der Waals surface area contributed by atoms with Gasteiger partial charge >= 0.3 is 0 Å². The van der Waals surface area contributed by atoms with Gasteiger partial charge < -0.3 is 5.11 Å². The molecule has 3 rings (SSSR count). The first-order valence-electron chi connectivity index (χ1n) is 7.06. The molecule has 0 bridgehead atoms. The monoisotopic (exact) mass is 296 g/mol. The Morgan fingerprint density at radius 3 is 2.62 bits per heavy atom. The Morgan fingerprint density at radius 1 is 1.00 bits per heavy atom. The third-order valence-corrected chi connectivity index (χ3v) is 4.13. The first-order valence-corrected chi connectivity index (χ1v) is 7.44. The number of rotatable bonds is 3. The third-order valence-electron chi connectivity index (χ3n) is 3.89. The highest BCUT2D eigenvalue weighted by atomic mass is 35.5. The number of aliphatic hydroxyl groups excluding tert-OH is 1. The number of benzene rings is 3. The highest BCUT2D eigenvalue weighted by Crippen LogP contribution is 2.27. The number of hydrogen-bond acceptors (Lipinski definition) is 1. The molecule has 0 aliphatic heterocycles.